The van der Waals surface area contributed by atoms with Gasteiger partial charge in [0.1, 0.15) is 17.7 Å². The zero-order valence-electron chi connectivity index (χ0n) is 11.1. The molecule has 100 valence electrons. The maximum absolute atomic E-state index is 5.53. The maximum Gasteiger partial charge on any atom is 0.142 e. The van der Waals surface area contributed by atoms with Crippen LogP contribution < -0.4 is 0 Å². The van der Waals surface area contributed by atoms with E-state index in [9.17, 15) is 0 Å². The van der Waals surface area contributed by atoms with Crippen LogP contribution in [-0.2, 0) is 0 Å². The van der Waals surface area contributed by atoms with Crippen molar-refractivity contribution in [2.45, 2.75) is 25.7 Å². The quantitative estimate of drug-likeness (QED) is 0.756. The summed E-state index contributed by atoms with van der Waals surface area (Å²) in [6.07, 6.45) is 12.3. The lowest BCUT2D eigenvalue weighted by molar-refractivity contribution is 0.583. The summed E-state index contributed by atoms with van der Waals surface area (Å²) in [4.78, 5) is 12.1. The molecular weight excluding hydrogens is 250 g/mol. The highest BCUT2D eigenvalue weighted by Crippen LogP contribution is 2.35. The molecule has 0 fully saturated rings. The van der Waals surface area contributed by atoms with Gasteiger partial charge in [-0.2, -0.15) is 0 Å². The number of allylic oxidation sites excluding steroid dienone is 2. The fourth-order valence-corrected chi connectivity index (χ4v) is 2.89. The molecule has 3 aromatic heterocycles. The molecule has 3 aromatic rings. The van der Waals surface area contributed by atoms with Gasteiger partial charge in [-0.05, 0) is 43.4 Å². The summed E-state index contributed by atoms with van der Waals surface area (Å²) >= 11 is 0. The molecule has 20 heavy (non-hydrogen) atoms. The van der Waals surface area contributed by atoms with E-state index in [0.29, 0.717) is 0 Å². The Balaban J connectivity index is 1.97. The van der Waals surface area contributed by atoms with Crippen LogP contribution in [0, 0.1) is 0 Å². The van der Waals surface area contributed by atoms with Crippen LogP contribution >= 0.6 is 0 Å². The topological polar surface area (TPSA) is 54.7 Å². The Hall–Kier alpha value is -2.36. The molecule has 1 aliphatic carbocycles. The first-order chi connectivity index (χ1) is 9.93. The monoisotopic (exact) mass is 265 g/mol. The minimum absolute atomic E-state index is 0.851. The predicted molar refractivity (Wildman–Crippen MR) is 78.0 cm³/mol. The first-order valence-electron chi connectivity index (χ1n) is 6.99. The van der Waals surface area contributed by atoms with Crippen LogP contribution in [0.3, 0.4) is 0 Å². The Morgan fingerprint density at radius 2 is 2.20 bits per heavy atom. The molecule has 0 amide bonds. The second kappa shape index (κ2) is 4.63. The number of hydrogen-bond donors (Lipinski definition) is 1. The molecule has 0 atom stereocenters. The summed E-state index contributed by atoms with van der Waals surface area (Å²) < 4.78 is 5.53. The lowest BCUT2D eigenvalue weighted by Gasteiger charge is -2.13. The van der Waals surface area contributed by atoms with Crippen molar-refractivity contribution in [3.05, 3.63) is 42.7 Å². The standard InChI is InChI=1S/C16H15N3O/c1-2-5-11(6-3-1)15-14-12(13-7-4-8-20-13)9-17-16(14)19-10-18-15/h4-5,7-10H,1-3,6H2,(H,17,18,19). The molecule has 0 saturated carbocycles. The van der Waals surface area contributed by atoms with Gasteiger partial charge in [0.05, 0.1) is 17.3 Å². The molecule has 0 spiro atoms. The predicted octanol–water partition coefficient (Wildman–Crippen LogP) is 4.18. The third-order valence-corrected chi connectivity index (χ3v) is 3.85. The van der Waals surface area contributed by atoms with E-state index in [-0.39, 0.29) is 0 Å². The van der Waals surface area contributed by atoms with Crippen molar-refractivity contribution in [2.75, 3.05) is 0 Å². The van der Waals surface area contributed by atoms with Gasteiger partial charge in [0, 0.05) is 11.8 Å². The van der Waals surface area contributed by atoms with Crippen LogP contribution in [0.1, 0.15) is 31.4 Å². The van der Waals surface area contributed by atoms with Gasteiger partial charge in [-0.1, -0.05) is 6.08 Å². The van der Waals surface area contributed by atoms with Crippen molar-refractivity contribution in [3.8, 4) is 11.3 Å². The zero-order chi connectivity index (χ0) is 13.4. The Kier molecular flexibility index (Phi) is 2.66. The van der Waals surface area contributed by atoms with Gasteiger partial charge in [-0.25, -0.2) is 9.97 Å². The summed E-state index contributed by atoms with van der Waals surface area (Å²) in [7, 11) is 0. The Bertz CT molecular complexity index is 768. The number of fused-ring (bicyclic) bond motifs is 1. The Morgan fingerprint density at radius 1 is 1.20 bits per heavy atom. The van der Waals surface area contributed by atoms with E-state index in [4.69, 9.17) is 4.42 Å². The highest BCUT2D eigenvalue weighted by atomic mass is 16.3. The van der Waals surface area contributed by atoms with Crippen LogP contribution in [0.15, 0.2) is 41.4 Å². The second-order valence-corrected chi connectivity index (χ2v) is 5.10. The van der Waals surface area contributed by atoms with E-state index < -0.39 is 0 Å². The number of nitrogens with one attached hydrogen (secondary N) is 1. The molecular formula is C16H15N3O. The van der Waals surface area contributed by atoms with Crippen molar-refractivity contribution < 1.29 is 4.42 Å². The molecule has 0 bridgehead atoms. The van der Waals surface area contributed by atoms with Crippen molar-refractivity contribution >= 4 is 16.6 Å². The van der Waals surface area contributed by atoms with Crippen molar-refractivity contribution in [2.24, 2.45) is 0 Å². The number of aromatic nitrogens is 3. The molecule has 0 aromatic carbocycles. The van der Waals surface area contributed by atoms with Gasteiger partial charge in [0.25, 0.3) is 0 Å². The van der Waals surface area contributed by atoms with Gasteiger partial charge >= 0.3 is 0 Å². The highest BCUT2D eigenvalue weighted by Gasteiger charge is 2.17. The minimum Gasteiger partial charge on any atom is -0.464 e. The van der Waals surface area contributed by atoms with Gasteiger partial charge in [0.2, 0.25) is 0 Å². The number of hydrogen-bond acceptors (Lipinski definition) is 3. The zero-order valence-corrected chi connectivity index (χ0v) is 11.1. The minimum atomic E-state index is 0.851. The summed E-state index contributed by atoms with van der Waals surface area (Å²) in [5.74, 6) is 0.851. The van der Waals surface area contributed by atoms with Crippen LogP contribution in [-0.4, -0.2) is 15.0 Å². The summed E-state index contributed by atoms with van der Waals surface area (Å²) in [6, 6.07) is 3.87. The normalized spacial score (nSPS) is 15.5. The molecule has 0 unspecified atom stereocenters. The van der Waals surface area contributed by atoms with Crippen molar-refractivity contribution in [1.29, 1.82) is 0 Å². The summed E-state index contributed by atoms with van der Waals surface area (Å²) in [6.45, 7) is 0. The molecule has 0 aliphatic heterocycles. The van der Waals surface area contributed by atoms with Gasteiger partial charge < -0.3 is 9.40 Å². The molecule has 4 heteroatoms. The van der Waals surface area contributed by atoms with E-state index in [1.807, 2.05) is 18.3 Å². The lowest BCUT2D eigenvalue weighted by Crippen LogP contribution is -1.97. The fraction of sp³-hybridized carbons (Fsp3) is 0.250. The third kappa shape index (κ3) is 1.76. The summed E-state index contributed by atoms with van der Waals surface area (Å²) in [5, 5.41) is 1.07. The van der Waals surface area contributed by atoms with Crippen LogP contribution in [0.4, 0.5) is 0 Å². The van der Waals surface area contributed by atoms with E-state index in [1.54, 1.807) is 12.6 Å². The average Bonchev–Trinajstić information content (AvgIpc) is 3.16. The van der Waals surface area contributed by atoms with Crippen LogP contribution in [0.2, 0.25) is 0 Å². The van der Waals surface area contributed by atoms with E-state index in [1.165, 1.54) is 18.4 Å². The molecule has 1 aliphatic rings. The smallest absolute Gasteiger partial charge is 0.142 e. The fourth-order valence-electron chi connectivity index (χ4n) is 2.89. The maximum atomic E-state index is 5.53. The van der Waals surface area contributed by atoms with Crippen molar-refractivity contribution in [1.82, 2.24) is 15.0 Å². The first-order valence-corrected chi connectivity index (χ1v) is 6.99. The molecule has 0 radical (unpaired) electrons. The second-order valence-electron chi connectivity index (χ2n) is 5.10. The van der Waals surface area contributed by atoms with Gasteiger partial charge in [-0.3, -0.25) is 0 Å². The molecule has 0 saturated heterocycles. The lowest BCUT2D eigenvalue weighted by atomic mass is 9.94. The van der Waals surface area contributed by atoms with E-state index in [0.717, 1.165) is 40.9 Å². The molecule has 1 N–H and O–H groups in total. The van der Waals surface area contributed by atoms with Crippen LogP contribution in [0.5, 0.6) is 0 Å². The van der Waals surface area contributed by atoms with Crippen LogP contribution in [0.25, 0.3) is 27.9 Å². The Morgan fingerprint density at radius 3 is 3.00 bits per heavy atom. The van der Waals surface area contributed by atoms with Gasteiger partial charge in [-0.15, -0.1) is 0 Å². The molecule has 4 nitrogen and oxygen atoms in total. The SMILES string of the molecule is C1=C(c2ncnc3[nH]cc(-c4ccco4)c23)CCCC1. The van der Waals surface area contributed by atoms with Gasteiger partial charge in [0.15, 0.2) is 0 Å². The molecule has 3 heterocycles. The number of aromatic amines is 1. The number of furan rings is 1. The number of nitrogens with zero attached hydrogens (tertiary/aromatic N) is 2. The average molecular weight is 265 g/mol. The van der Waals surface area contributed by atoms with E-state index >= 15 is 0 Å². The number of H-pyrrole nitrogens is 1. The Labute approximate surface area is 116 Å². The van der Waals surface area contributed by atoms with E-state index in [2.05, 4.69) is 21.0 Å². The first kappa shape index (κ1) is 11.5. The molecule has 4 rings (SSSR count). The third-order valence-electron chi connectivity index (χ3n) is 3.85. The highest BCUT2D eigenvalue weighted by molar-refractivity contribution is 5.99. The summed E-state index contributed by atoms with van der Waals surface area (Å²) in [5.41, 5.74) is 4.28. The number of rotatable bonds is 2. The largest absolute Gasteiger partial charge is 0.464 e. The van der Waals surface area contributed by atoms with Crippen molar-refractivity contribution in [3.63, 3.8) is 0 Å².